The molecule has 0 aliphatic heterocycles. The smallest absolute Gasteiger partial charge is 0.331 e. The molecule has 0 heterocycles. The van der Waals surface area contributed by atoms with Crippen LogP contribution in [-0.4, -0.2) is 17.0 Å². The molecule has 1 rings (SSSR count). The zero-order valence-corrected chi connectivity index (χ0v) is 10.3. The predicted molar refractivity (Wildman–Crippen MR) is 66.5 cm³/mol. The highest BCUT2D eigenvalue weighted by molar-refractivity contribution is 6.44. The number of carboxylic acids is 1. The minimum absolute atomic E-state index is 0.0688. The highest BCUT2D eigenvalue weighted by Crippen LogP contribution is 2.29. The van der Waals surface area contributed by atoms with Crippen molar-refractivity contribution in [2.75, 3.05) is 5.32 Å². The van der Waals surface area contributed by atoms with Gasteiger partial charge in [-0.2, -0.15) is 0 Å². The zero-order chi connectivity index (χ0) is 13.0. The van der Waals surface area contributed by atoms with Gasteiger partial charge in [0.15, 0.2) is 0 Å². The van der Waals surface area contributed by atoms with Crippen molar-refractivity contribution < 1.29 is 14.7 Å². The number of carbonyl (C=O) groups is 2. The topological polar surface area (TPSA) is 66.4 Å². The molecule has 17 heavy (non-hydrogen) atoms. The molecular weight excluding hydrogens is 265 g/mol. The van der Waals surface area contributed by atoms with Crippen LogP contribution in [0.25, 0.3) is 0 Å². The molecule has 0 fully saturated rings. The minimum atomic E-state index is -1.16. The number of hydrogen-bond acceptors (Lipinski definition) is 2. The molecule has 4 nitrogen and oxygen atoms in total. The molecule has 0 saturated carbocycles. The quantitative estimate of drug-likeness (QED) is 0.833. The molecule has 0 unspecified atom stereocenters. The number of carboxylic acid groups (broad SMARTS) is 1. The fourth-order valence-corrected chi connectivity index (χ4v) is 1.38. The lowest BCUT2D eigenvalue weighted by Gasteiger charge is -2.06. The van der Waals surface area contributed by atoms with E-state index in [0.29, 0.717) is 10.7 Å². The number of amides is 1. The molecule has 0 aromatic heterocycles. The summed E-state index contributed by atoms with van der Waals surface area (Å²) < 4.78 is 0. The third kappa shape index (κ3) is 3.76. The Morgan fingerprint density at radius 1 is 1.35 bits per heavy atom. The second-order valence-electron chi connectivity index (χ2n) is 3.22. The van der Waals surface area contributed by atoms with Crippen molar-refractivity contribution >= 4 is 40.8 Å². The maximum atomic E-state index is 11.4. The SMILES string of the molecule is C/C(=C\C(=O)Nc1cccc(Cl)c1Cl)C(=O)O. The first-order valence-electron chi connectivity index (χ1n) is 4.58. The Bertz CT molecular complexity index is 497. The van der Waals surface area contributed by atoms with E-state index in [1.807, 2.05) is 0 Å². The number of anilines is 1. The van der Waals surface area contributed by atoms with Crippen LogP contribution < -0.4 is 5.32 Å². The molecular formula is C11H9Cl2NO3. The Hall–Kier alpha value is -1.52. The summed E-state index contributed by atoms with van der Waals surface area (Å²) in [5.74, 6) is -1.73. The average Bonchev–Trinajstić information content (AvgIpc) is 2.24. The van der Waals surface area contributed by atoms with Crippen LogP contribution in [0.15, 0.2) is 29.8 Å². The first-order valence-corrected chi connectivity index (χ1v) is 5.34. The van der Waals surface area contributed by atoms with Crippen LogP contribution in [0.2, 0.25) is 10.0 Å². The fourth-order valence-electron chi connectivity index (χ4n) is 1.03. The second kappa shape index (κ2) is 5.70. The summed E-state index contributed by atoms with van der Waals surface area (Å²) in [7, 11) is 0. The zero-order valence-electron chi connectivity index (χ0n) is 8.83. The van der Waals surface area contributed by atoms with E-state index in [1.54, 1.807) is 18.2 Å². The van der Waals surface area contributed by atoms with E-state index in [-0.39, 0.29) is 10.6 Å². The average molecular weight is 274 g/mol. The Labute approximate surface area is 108 Å². The van der Waals surface area contributed by atoms with Crippen LogP contribution >= 0.6 is 23.2 Å². The van der Waals surface area contributed by atoms with Crippen molar-refractivity contribution in [1.82, 2.24) is 0 Å². The third-order valence-electron chi connectivity index (χ3n) is 1.89. The molecule has 0 radical (unpaired) electrons. The summed E-state index contributed by atoms with van der Waals surface area (Å²) in [6.45, 7) is 1.32. The number of carbonyl (C=O) groups excluding carboxylic acids is 1. The number of hydrogen-bond donors (Lipinski definition) is 2. The summed E-state index contributed by atoms with van der Waals surface area (Å²) in [4.78, 5) is 22.0. The molecule has 2 N–H and O–H groups in total. The van der Waals surface area contributed by atoms with Gasteiger partial charge < -0.3 is 10.4 Å². The Kier molecular flexibility index (Phi) is 4.54. The van der Waals surface area contributed by atoms with E-state index >= 15 is 0 Å². The molecule has 0 aliphatic rings. The van der Waals surface area contributed by atoms with Gasteiger partial charge in [-0.15, -0.1) is 0 Å². The maximum Gasteiger partial charge on any atom is 0.331 e. The van der Waals surface area contributed by atoms with E-state index in [9.17, 15) is 9.59 Å². The Morgan fingerprint density at radius 2 is 2.00 bits per heavy atom. The van der Waals surface area contributed by atoms with E-state index in [1.165, 1.54) is 6.92 Å². The van der Waals surface area contributed by atoms with Gasteiger partial charge in [0, 0.05) is 11.6 Å². The number of benzene rings is 1. The monoisotopic (exact) mass is 273 g/mol. The van der Waals surface area contributed by atoms with Crippen molar-refractivity contribution in [1.29, 1.82) is 0 Å². The van der Waals surface area contributed by atoms with Gasteiger partial charge in [-0.3, -0.25) is 4.79 Å². The van der Waals surface area contributed by atoms with E-state index in [2.05, 4.69) is 5.32 Å². The van der Waals surface area contributed by atoms with Crippen LogP contribution in [0.4, 0.5) is 5.69 Å². The van der Waals surface area contributed by atoms with Crippen molar-refractivity contribution in [3.63, 3.8) is 0 Å². The van der Waals surface area contributed by atoms with Crippen LogP contribution in [-0.2, 0) is 9.59 Å². The maximum absolute atomic E-state index is 11.4. The molecule has 1 aromatic carbocycles. The van der Waals surface area contributed by atoms with Gasteiger partial charge in [-0.25, -0.2) is 4.79 Å². The number of nitrogens with one attached hydrogen (secondary N) is 1. The standard InChI is InChI=1S/C11H9Cl2NO3/c1-6(11(16)17)5-9(15)14-8-4-2-3-7(12)10(8)13/h2-5H,1H3,(H,14,15)(H,16,17)/b6-5+. The summed E-state index contributed by atoms with van der Waals surface area (Å²) in [5.41, 5.74) is 0.263. The molecule has 0 spiro atoms. The Balaban J connectivity index is 2.86. The van der Waals surface area contributed by atoms with Gasteiger partial charge in [0.2, 0.25) is 5.91 Å². The van der Waals surface area contributed by atoms with Crippen molar-refractivity contribution in [2.45, 2.75) is 6.92 Å². The largest absolute Gasteiger partial charge is 0.478 e. The third-order valence-corrected chi connectivity index (χ3v) is 2.71. The van der Waals surface area contributed by atoms with Gasteiger partial charge in [0.05, 0.1) is 15.7 Å². The lowest BCUT2D eigenvalue weighted by Crippen LogP contribution is -2.11. The highest BCUT2D eigenvalue weighted by Gasteiger charge is 2.08. The van der Waals surface area contributed by atoms with E-state index < -0.39 is 11.9 Å². The predicted octanol–water partition coefficient (Wildman–Crippen LogP) is 2.96. The van der Waals surface area contributed by atoms with Crippen molar-refractivity contribution in [3.8, 4) is 0 Å². The minimum Gasteiger partial charge on any atom is -0.478 e. The molecule has 0 aliphatic carbocycles. The van der Waals surface area contributed by atoms with Crippen LogP contribution in [0, 0.1) is 0 Å². The van der Waals surface area contributed by atoms with Gasteiger partial charge in [0.25, 0.3) is 0 Å². The van der Waals surface area contributed by atoms with Crippen LogP contribution in [0.3, 0.4) is 0 Å². The summed E-state index contributed by atoms with van der Waals surface area (Å²) in [6, 6.07) is 4.77. The number of halogens is 2. The van der Waals surface area contributed by atoms with Crippen LogP contribution in [0.1, 0.15) is 6.92 Å². The molecule has 6 heteroatoms. The molecule has 0 saturated heterocycles. The van der Waals surface area contributed by atoms with Crippen molar-refractivity contribution in [3.05, 3.63) is 39.9 Å². The lowest BCUT2D eigenvalue weighted by atomic mass is 10.2. The van der Waals surface area contributed by atoms with E-state index in [0.717, 1.165) is 6.08 Å². The normalized spacial score (nSPS) is 11.1. The fraction of sp³-hybridized carbons (Fsp3) is 0.0909. The molecule has 0 atom stereocenters. The number of aliphatic carboxylic acids is 1. The Morgan fingerprint density at radius 3 is 2.59 bits per heavy atom. The number of rotatable bonds is 3. The lowest BCUT2D eigenvalue weighted by molar-refractivity contribution is -0.132. The van der Waals surface area contributed by atoms with Crippen molar-refractivity contribution in [2.24, 2.45) is 0 Å². The van der Waals surface area contributed by atoms with Gasteiger partial charge in [-0.05, 0) is 19.1 Å². The highest BCUT2D eigenvalue weighted by atomic mass is 35.5. The van der Waals surface area contributed by atoms with Gasteiger partial charge >= 0.3 is 5.97 Å². The molecule has 1 aromatic rings. The van der Waals surface area contributed by atoms with Gasteiger partial charge in [-0.1, -0.05) is 29.3 Å². The van der Waals surface area contributed by atoms with E-state index in [4.69, 9.17) is 28.3 Å². The summed E-state index contributed by atoms with van der Waals surface area (Å²) >= 11 is 11.6. The summed E-state index contributed by atoms with van der Waals surface area (Å²) in [6.07, 6.45) is 0.972. The molecule has 1 amide bonds. The molecule has 90 valence electrons. The van der Waals surface area contributed by atoms with Gasteiger partial charge in [0.1, 0.15) is 0 Å². The molecule has 0 bridgehead atoms. The second-order valence-corrected chi connectivity index (χ2v) is 4.01. The van der Waals surface area contributed by atoms with Crippen LogP contribution in [0.5, 0.6) is 0 Å². The first kappa shape index (κ1) is 13.5. The summed E-state index contributed by atoms with van der Waals surface area (Å²) in [5, 5.41) is 11.6. The first-order chi connectivity index (χ1) is 7.91.